The summed E-state index contributed by atoms with van der Waals surface area (Å²) in [5, 5.41) is 0. The van der Waals surface area contributed by atoms with Gasteiger partial charge in [0.15, 0.2) is 5.78 Å². The van der Waals surface area contributed by atoms with Crippen LogP contribution >= 0.6 is 0 Å². The molecular formula is C14H17NO5. The second-order valence-corrected chi connectivity index (χ2v) is 5.02. The molecule has 2 rings (SSSR count). The highest BCUT2D eigenvalue weighted by Gasteiger charge is 2.41. The van der Waals surface area contributed by atoms with Gasteiger partial charge >= 0.3 is 11.9 Å². The summed E-state index contributed by atoms with van der Waals surface area (Å²) in [6.07, 6.45) is 0.513. The van der Waals surface area contributed by atoms with Gasteiger partial charge in [0.2, 0.25) is 0 Å². The summed E-state index contributed by atoms with van der Waals surface area (Å²) in [5.41, 5.74) is 1.89. The van der Waals surface area contributed by atoms with E-state index in [1.165, 1.54) is 14.2 Å². The zero-order chi connectivity index (χ0) is 15.0. The molecule has 0 fully saturated rings. The number of esters is 2. The van der Waals surface area contributed by atoms with Gasteiger partial charge in [0.1, 0.15) is 11.6 Å². The Balaban J connectivity index is 2.51. The molecule has 0 saturated carbocycles. The van der Waals surface area contributed by atoms with E-state index in [1.807, 2.05) is 6.92 Å². The summed E-state index contributed by atoms with van der Waals surface area (Å²) in [7, 11) is 2.55. The maximum Gasteiger partial charge on any atom is 0.354 e. The molecule has 1 heterocycles. The molecule has 0 saturated heterocycles. The predicted octanol–water partition coefficient (Wildman–Crippen LogP) is 1.27. The lowest BCUT2D eigenvalue weighted by Crippen LogP contribution is -2.36. The van der Waals surface area contributed by atoms with E-state index in [4.69, 9.17) is 4.74 Å². The van der Waals surface area contributed by atoms with Crippen LogP contribution in [0.4, 0.5) is 0 Å². The molecule has 1 aliphatic rings. The third-order valence-electron chi connectivity index (χ3n) is 3.80. The number of ketones is 1. The summed E-state index contributed by atoms with van der Waals surface area (Å²) >= 11 is 0. The highest BCUT2D eigenvalue weighted by atomic mass is 16.5. The summed E-state index contributed by atoms with van der Waals surface area (Å²) < 4.78 is 9.38. The Labute approximate surface area is 116 Å². The van der Waals surface area contributed by atoms with E-state index >= 15 is 0 Å². The molecule has 6 heteroatoms. The van der Waals surface area contributed by atoms with Crippen molar-refractivity contribution >= 4 is 17.7 Å². The topological polar surface area (TPSA) is 85.5 Å². The number of methoxy groups -OCH3 is 2. The lowest BCUT2D eigenvalue weighted by Gasteiger charge is -2.25. The molecule has 2 unspecified atom stereocenters. The number of Topliss-reactive ketones (excluding diaryl/α,β-unsaturated/α-hetero) is 1. The summed E-state index contributed by atoms with van der Waals surface area (Å²) in [4.78, 5) is 38.9. The van der Waals surface area contributed by atoms with E-state index < -0.39 is 17.9 Å². The zero-order valence-corrected chi connectivity index (χ0v) is 11.9. The second-order valence-electron chi connectivity index (χ2n) is 5.02. The molecule has 0 spiro atoms. The van der Waals surface area contributed by atoms with E-state index in [1.54, 1.807) is 6.92 Å². The van der Waals surface area contributed by atoms with Crippen molar-refractivity contribution < 1.29 is 23.9 Å². The molecule has 0 bridgehead atoms. The lowest BCUT2D eigenvalue weighted by atomic mass is 9.77. The largest absolute Gasteiger partial charge is 0.468 e. The third-order valence-corrected chi connectivity index (χ3v) is 3.80. The van der Waals surface area contributed by atoms with Gasteiger partial charge in [-0.15, -0.1) is 0 Å². The molecule has 108 valence electrons. The minimum atomic E-state index is -0.813. The zero-order valence-electron chi connectivity index (χ0n) is 11.9. The maximum absolute atomic E-state index is 12.5. The number of carbonyl (C=O) groups is 3. The molecule has 0 aliphatic heterocycles. The summed E-state index contributed by atoms with van der Waals surface area (Å²) in [6.45, 7) is 3.49. The van der Waals surface area contributed by atoms with Gasteiger partial charge in [-0.2, -0.15) is 0 Å². The standard InChI is InChI=1S/C14H17NO5/c1-6-5-8-10(12(16)9(6)13(17)19-3)7(2)11(15-8)14(18)20-4/h6,9,15H,5H2,1-4H3. The van der Waals surface area contributed by atoms with Crippen molar-refractivity contribution in [2.24, 2.45) is 11.8 Å². The number of nitrogens with one attached hydrogen (secondary N) is 1. The van der Waals surface area contributed by atoms with E-state index in [-0.39, 0.29) is 17.4 Å². The fourth-order valence-electron chi connectivity index (χ4n) is 2.77. The number of aromatic nitrogens is 1. The third kappa shape index (κ3) is 2.01. The number of H-pyrrole nitrogens is 1. The molecule has 6 nitrogen and oxygen atoms in total. The molecule has 20 heavy (non-hydrogen) atoms. The molecule has 0 aromatic carbocycles. The first-order valence-corrected chi connectivity index (χ1v) is 6.34. The molecule has 1 N–H and O–H groups in total. The molecule has 2 atom stereocenters. The SMILES string of the molecule is COC(=O)c1[nH]c2c(c1C)C(=O)C(C(=O)OC)C(C)C2. The van der Waals surface area contributed by atoms with E-state index in [2.05, 4.69) is 9.72 Å². The van der Waals surface area contributed by atoms with Crippen LogP contribution in [0.5, 0.6) is 0 Å². The average Bonchev–Trinajstić information content (AvgIpc) is 2.74. The van der Waals surface area contributed by atoms with Crippen LogP contribution in [0.15, 0.2) is 0 Å². The number of hydrogen-bond donors (Lipinski definition) is 1. The number of aromatic amines is 1. The van der Waals surface area contributed by atoms with Crippen molar-refractivity contribution in [1.29, 1.82) is 0 Å². The van der Waals surface area contributed by atoms with Gasteiger partial charge in [-0.3, -0.25) is 9.59 Å². The number of hydrogen-bond acceptors (Lipinski definition) is 5. The van der Waals surface area contributed by atoms with Crippen LogP contribution in [0.25, 0.3) is 0 Å². The minimum absolute atomic E-state index is 0.175. The fraction of sp³-hybridized carbons (Fsp3) is 0.500. The van der Waals surface area contributed by atoms with Crippen molar-refractivity contribution in [3.63, 3.8) is 0 Å². The molecule has 0 amide bonds. The average molecular weight is 279 g/mol. The molecule has 1 aliphatic carbocycles. The van der Waals surface area contributed by atoms with Crippen molar-refractivity contribution in [3.05, 3.63) is 22.5 Å². The van der Waals surface area contributed by atoms with Gasteiger partial charge in [-0.25, -0.2) is 4.79 Å². The van der Waals surface area contributed by atoms with Gasteiger partial charge in [0.05, 0.1) is 14.2 Å². The summed E-state index contributed by atoms with van der Waals surface area (Å²) in [6, 6.07) is 0. The Hall–Kier alpha value is -2.11. The Morgan fingerprint density at radius 1 is 1.25 bits per heavy atom. The number of fused-ring (bicyclic) bond motifs is 1. The Morgan fingerprint density at radius 3 is 2.45 bits per heavy atom. The van der Waals surface area contributed by atoms with Crippen LogP contribution in [0.2, 0.25) is 0 Å². The van der Waals surface area contributed by atoms with Crippen LogP contribution in [0, 0.1) is 18.8 Å². The number of carbonyl (C=O) groups excluding carboxylic acids is 3. The highest BCUT2D eigenvalue weighted by molar-refractivity contribution is 6.12. The van der Waals surface area contributed by atoms with E-state index in [9.17, 15) is 14.4 Å². The van der Waals surface area contributed by atoms with E-state index in [0.29, 0.717) is 23.2 Å². The molecule has 1 aromatic heterocycles. The number of ether oxygens (including phenoxy) is 2. The molecule has 0 radical (unpaired) electrons. The van der Waals surface area contributed by atoms with Gasteiger partial charge in [-0.05, 0) is 24.8 Å². The quantitative estimate of drug-likeness (QED) is 0.651. The van der Waals surface area contributed by atoms with Gasteiger partial charge in [-0.1, -0.05) is 6.92 Å². The monoisotopic (exact) mass is 279 g/mol. The first kappa shape index (κ1) is 14.3. The minimum Gasteiger partial charge on any atom is -0.468 e. The van der Waals surface area contributed by atoms with Crippen molar-refractivity contribution in [2.75, 3.05) is 14.2 Å². The molecular weight excluding hydrogens is 262 g/mol. The Bertz CT molecular complexity index is 587. The van der Waals surface area contributed by atoms with Crippen LogP contribution in [0.3, 0.4) is 0 Å². The van der Waals surface area contributed by atoms with Gasteiger partial charge in [0.25, 0.3) is 0 Å². The Kier molecular flexibility index (Phi) is 3.65. The first-order valence-electron chi connectivity index (χ1n) is 6.34. The van der Waals surface area contributed by atoms with Crippen molar-refractivity contribution in [1.82, 2.24) is 4.98 Å². The molecule has 1 aromatic rings. The maximum atomic E-state index is 12.5. The van der Waals surface area contributed by atoms with Crippen LogP contribution in [-0.4, -0.2) is 36.9 Å². The highest BCUT2D eigenvalue weighted by Crippen LogP contribution is 2.34. The fourth-order valence-corrected chi connectivity index (χ4v) is 2.77. The lowest BCUT2D eigenvalue weighted by molar-refractivity contribution is -0.145. The van der Waals surface area contributed by atoms with Crippen molar-refractivity contribution in [3.8, 4) is 0 Å². The second kappa shape index (κ2) is 5.11. The van der Waals surface area contributed by atoms with E-state index in [0.717, 1.165) is 0 Å². The number of rotatable bonds is 2. The summed E-state index contributed by atoms with van der Waals surface area (Å²) in [5.74, 6) is -2.34. The van der Waals surface area contributed by atoms with Crippen molar-refractivity contribution in [2.45, 2.75) is 20.3 Å². The smallest absolute Gasteiger partial charge is 0.354 e. The van der Waals surface area contributed by atoms with Crippen LogP contribution in [0.1, 0.15) is 39.0 Å². The van der Waals surface area contributed by atoms with Crippen LogP contribution < -0.4 is 0 Å². The normalized spacial score (nSPS) is 21.3. The first-order chi connectivity index (χ1) is 9.42. The van der Waals surface area contributed by atoms with Gasteiger partial charge in [0, 0.05) is 11.3 Å². The van der Waals surface area contributed by atoms with Crippen LogP contribution in [-0.2, 0) is 20.7 Å². The predicted molar refractivity (Wildman–Crippen MR) is 69.6 cm³/mol. The van der Waals surface area contributed by atoms with Gasteiger partial charge < -0.3 is 14.5 Å². The Morgan fingerprint density at radius 2 is 1.90 bits per heavy atom.